The van der Waals surface area contributed by atoms with Crippen LogP contribution in [-0.4, -0.2) is 52.6 Å². The van der Waals surface area contributed by atoms with Crippen molar-refractivity contribution >= 4 is 24.2 Å². The van der Waals surface area contributed by atoms with Gasteiger partial charge in [-0.1, -0.05) is 12.1 Å². The number of halogens is 2. The molecule has 9 heteroatoms. The Morgan fingerprint density at radius 1 is 1.21 bits per heavy atom. The van der Waals surface area contributed by atoms with E-state index in [-0.39, 0.29) is 35.8 Å². The first-order chi connectivity index (χ1) is 13.1. The second-order valence-corrected chi connectivity index (χ2v) is 6.98. The Balaban J connectivity index is 0.00000225. The molecule has 1 fully saturated rings. The lowest BCUT2D eigenvalue weighted by atomic mass is 10.0. The second kappa shape index (κ2) is 8.70. The number of amides is 2. The van der Waals surface area contributed by atoms with Crippen LogP contribution < -0.4 is 10.6 Å². The molecule has 0 unspecified atom stereocenters. The minimum Gasteiger partial charge on any atom is -0.348 e. The zero-order valence-electron chi connectivity index (χ0n) is 15.3. The summed E-state index contributed by atoms with van der Waals surface area (Å²) in [5, 5.41) is 13.4. The van der Waals surface area contributed by atoms with Crippen LogP contribution in [0.2, 0.25) is 0 Å². The lowest BCUT2D eigenvalue weighted by molar-refractivity contribution is 0.0693. The maximum absolute atomic E-state index is 13.8. The number of rotatable bonds is 3. The number of nitrogens with zero attached hydrogens (tertiary/aromatic N) is 2. The van der Waals surface area contributed by atoms with Gasteiger partial charge in [0.05, 0.1) is 5.56 Å². The van der Waals surface area contributed by atoms with Gasteiger partial charge in [-0.25, -0.2) is 4.39 Å². The minimum absolute atomic E-state index is 0. The fourth-order valence-corrected chi connectivity index (χ4v) is 3.70. The van der Waals surface area contributed by atoms with Crippen LogP contribution in [-0.2, 0) is 13.0 Å². The number of hydrogen-bond donors (Lipinski definition) is 3. The highest BCUT2D eigenvalue weighted by Crippen LogP contribution is 2.18. The predicted molar refractivity (Wildman–Crippen MR) is 104 cm³/mol. The SMILES string of the molecule is Cl.O=C(NC1CCN(C(=O)c2ccccc2F)CC1)c1n[nH]c2c1CNCC2. The summed E-state index contributed by atoms with van der Waals surface area (Å²) < 4.78 is 13.8. The van der Waals surface area contributed by atoms with Crippen LogP contribution >= 0.6 is 12.4 Å². The van der Waals surface area contributed by atoms with Crippen molar-refractivity contribution in [2.24, 2.45) is 0 Å². The number of hydrogen-bond acceptors (Lipinski definition) is 4. The summed E-state index contributed by atoms with van der Waals surface area (Å²) in [6.07, 6.45) is 2.11. The Labute approximate surface area is 168 Å². The average Bonchev–Trinajstić information content (AvgIpc) is 3.13. The summed E-state index contributed by atoms with van der Waals surface area (Å²) in [6, 6.07) is 5.99. The number of H-pyrrole nitrogens is 1. The Hall–Kier alpha value is -2.45. The van der Waals surface area contributed by atoms with E-state index in [0.717, 1.165) is 24.2 Å². The number of likely N-dealkylation sites (tertiary alicyclic amines) is 1. The Bertz CT molecular complexity index is 864. The molecule has 150 valence electrons. The van der Waals surface area contributed by atoms with E-state index in [2.05, 4.69) is 20.8 Å². The predicted octanol–water partition coefficient (Wildman–Crippen LogP) is 1.65. The highest BCUT2D eigenvalue weighted by atomic mass is 35.5. The first kappa shape index (κ1) is 20.3. The van der Waals surface area contributed by atoms with Crippen LogP contribution in [0.1, 0.15) is 44.9 Å². The molecule has 2 amide bonds. The fraction of sp³-hybridized carbons (Fsp3) is 0.421. The molecule has 3 N–H and O–H groups in total. The van der Waals surface area contributed by atoms with E-state index in [4.69, 9.17) is 0 Å². The molecule has 0 saturated carbocycles. The molecule has 1 aromatic carbocycles. The number of fused-ring (bicyclic) bond motifs is 1. The van der Waals surface area contributed by atoms with Gasteiger partial charge in [-0.3, -0.25) is 14.7 Å². The van der Waals surface area contributed by atoms with Crippen LogP contribution in [0.3, 0.4) is 0 Å². The van der Waals surface area contributed by atoms with Gasteiger partial charge >= 0.3 is 0 Å². The van der Waals surface area contributed by atoms with Crippen LogP contribution in [0.4, 0.5) is 4.39 Å². The molecule has 4 rings (SSSR count). The lowest BCUT2D eigenvalue weighted by Gasteiger charge is -2.32. The third-order valence-corrected chi connectivity index (χ3v) is 5.24. The number of nitrogens with one attached hydrogen (secondary N) is 3. The highest BCUT2D eigenvalue weighted by Gasteiger charge is 2.28. The minimum atomic E-state index is -0.505. The number of piperidine rings is 1. The quantitative estimate of drug-likeness (QED) is 0.721. The molecule has 3 heterocycles. The summed E-state index contributed by atoms with van der Waals surface area (Å²) in [4.78, 5) is 26.7. The summed E-state index contributed by atoms with van der Waals surface area (Å²) in [5.41, 5.74) is 2.49. The third kappa shape index (κ3) is 4.02. The lowest BCUT2D eigenvalue weighted by Crippen LogP contribution is -2.47. The third-order valence-electron chi connectivity index (χ3n) is 5.24. The molecular formula is C19H23ClFN5O2. The van der Waals surface area contributed by atoms with Crippen molar-refractivity contribution in [2.45, 2.75) is 31.8 Å². The summed E-state index contributed by atoms with van der Waals surface area (Å²) >= 11 is 0. The Kier molecular flexibility index (Phi) is 6.31. The van der Waals surface area contributed by atoms with E-state index >= 15 is 0 Å². The zero-order chi connectivity index (χ0) is 18.8. The van der Waals surface area contributed by atoms with Crippen molar-refractivity contribution < 1.29 is 14.0 Å². The molecule has 2 aromatic rings. The van der Waals surface area contributed by atoms with Crippen molar-refractivity contribution in [1.29, 1.82) is 0 Å². The van der Waals surface area contributed by atoms with E-state index in [1.54, 1.807) is 17.0 Å². The van der Waals surface area contributed by atoms with Crippen molar-refractivity contribution in [3.8, 4) is 0 Å². The van der Waals surface area contributed by atoms with Gasteiger partial charge in [0.2, 0.25) is 0 Å². The summed E-state index contributed by atoms with van der Waals surface area (Å²) in [7, 11) is 0. The van der Waals surface area contributed by atoms with Crippen molar-refractivity contribution in [1.82, 2.24) is 25.7 Å². The number of carbonyl (C=O) groups is 2. The maximum Gasteiger partial charge on any atom is 0.272 e. The van der Waals surface area contributed by atoms with E-state index in [0.29, 0.717) is 38.2 Å². The fourth-order valence-electron chi connectivity index (χ4n) is 3.70. The van der Waals surface area contributed by atoms with Crippen LogP contribution in [0, 0.1) is 5.82 Å². The summed E-state index contributed by atoms with van der Waals surface area (Å²) in [5.74, 6) is -0.991. The number of benzene rings is 1. The first-order valence-corrected chi connectivity index (χ1v) is 9.25. The van der Waals surface area contributed by atoms with Gasteiger partial charge in [0.1, 0.15) is 5.82 Å². The molecule has 0 bridgehead atoms. The Morgan fingerprint density at radius 3 is 2.71 bits per heavy atom. The normalized spacial score (nSPS) is 16.8. The average molecular weight is 408 g/mol. The molecule has 2 aliphatic heterocycles. The topological polar surface area (TPSA) is 90.1 Å². The molecular weight excluding hydrogens is 385 g/mol. The second-order valence-electron chi connectivity index (χ2n) is 6.98. The van der Waals surface area contributed by atoms with Crippen LogP contribution in [0.25, 0.3) is 0 Å². The molecule has 0 aliphatic carbocycles. The van der Waals surface area contributed by atoms with Gasteiger partial charge in [0, 0.05) is 49.9 Å². The molecule has 0 atom stereocenters. The van der Waals surface area contributed by atoms with E-state index in [9.17, 15) is 14.0 Å². The molecule has 28 heavy (non-hydrogen) atoms. The summed E-state index contributed by atoms with van der Waals surface area (Å²) in [6.45, 7) is 2.49. The molecule has 1 aromatic heterocycles. The van der Waals surface area contributed by atoms with Crippen LogP contribution in [0.15, 0.2) is 24.3 Å². The van der Waals surface area contributed by atoms with Crippen molar-refractivity contribution in [3.05, 3.63) is 52.6 Å². The molecule has 7 nitrogen and oxygen atoms in total. The number of aromatic amines is 1. The smallest absolute Gasteiger partial charge is 0.272 e. The molecule has 0 spiro atoms. The van der Waals surface area contributed by atoms with Gasteiger partial charge in [-0.15, -0.1) is 12.4 Å². The highest BCUT2D eigenvalue weighted by molar-refractivity contribution is 5.95. The number of carbonyl (C=O) groups excluding carboxylic acids is 2. The van der Waals surface area contributed by atoms with Gasteiger partial charge in [0.25, 0.3) is 11.8 Å². The van der Waals surface area contributed by atoms with Gasteiger partial charge in [0.15, 0.2) is 5.69 Å². The monoisotopic (exact) mass is 407 g/mol. The maximum atomic E-state index is 13.8. The van der Waals surface area contributed by atoms with E-state index in [1.807, 2.05) is 0 Å². The number of aromatic nitrogens is 2. The van der Waals surface area contributed by atoms with Crippen molar-refractivity contribution in [3.63, 3.8) is 0 Å². The first-order valence-electron chi connectivity index (χ1n) is 9.25. The standard InChI is InChI=1S/C19H22FN5O2.ClH/c20-15-4-2-1-3-13(15)19(27)25-9-6-12(7-10-25)22-18(26)17-14-11-21-8-5-16(14)23-24-17;/h1-4,12,21H,5-11H2,(H,22,26)(H,23,24);1H. The Morgan fingerprint density at radius 2 is 1.96 bits per heavy atom. The van der Waals surface area contributed by atoms with Gasteiger partial charge in [-0.2, -0.15) is 5.10 Å². The molecule has 2 aliphatic rings. The van der Waals surface area contributed by atoms with E-state index < -0.39 is 5.82 Å². The van der Waals surface area contributed by atoms with Crippen LogP contribution in [0.5, 0.6) is 0 Å². The van der Waals surface area contributed by atoms with Crippen molar-refractivity contribution in [2.75, 3.05) is 19.6 Å². The van der Waals surface area contributed by atoms with Gasteiger partial charge in [-0.05, 0) is 25.0 Å². The molecule has 0 radical (unpaired) electrons. The zero-order valence-corrected chi connectivity index (χ0v) is 16.2. The van der Waals surface area contributed by atoms with Gasteiger partial charge < -0.3 is 15.5 Å². The molecule has 1 saturated heterocycles. The largest absolute Gasteiger partial charge is 0.348 e. The van der Waals surface area contributed by atoms with E-state index in [1.165, 1.54) is 12.1 Å².